The van der Waals surface area contributed by atoms with Crippen LogP contribution >= 0.6 is 0 Å². The Kier molecular flexibility index (Phi) is 2.29. The molecule has 0 spiro atoms. The minimum absolute atomic E-state index is 0.160. The molecule has 3 atom stereocenters. The maximum Gasteiger partial charge on any atom is 0.0749 e. The maximum absolute atomic E-state index is 10.5. The smallest absolute Gasteiger partial charge is 0.0749 e. The van der Waals surface area contributed by atoms with Crippen LogP contribution in [0.3, 0.4) is 0 Å². The van der Waals surface area contributed by atoms with E-state index in [9.17, 15) is 10.2 Å². The van der Waals surface area contributed by atoms with Gasteiger partial charge in [-0.2, -0.15) is 0 Å². The lowest BCUT2D eigenvalue weighted by molar-refractivity contribution is -0.0936. The van der Waals surface area contributed by atoms with Crippen molar-refractivity contribution < 1.29 is 10.2 Å². The van der Waals surface area contributed by atoms with Crippen molar-refractivity contribution in [3.63, 3.8) is 0 Å². The fraction of sp³-hybridized carbons (Fsp3) is 1.00. The molecule has 2 nitrogen and oxygen atoms in total. The first kappa shape index (κ1) is 11.0. The average molecular weight is 186 g/mol. The largest absolute Gasteiger partial charge is 0.390 e. The normalized spacial score (nSPS) is 46.8. The Bertz CT molecular complexity index is 203. The molecule has 0 heterocycles. The van der Waals surface area contributed by atoms with E-state index in [1.807, 2.05) is 34.6 Å². The molecule has 0 radical (unpaired) electrons. The average Bonchev–Trinajstić information content (AvgIpc) is 2.00. The van der Waals surface area contributed by atoms with Gasteiger partial charge in [0.25, 0.3) is 0 Å². The Morgan fingerprint density at radius 2 is 1.69 bits per heavy atom. The summed E-state index contributed by atoms with van der Waals surface area (Å²) in [6.45, 7) is 9.93. The van der Waals surface area contributed by atoms with Crippen molar-refractivity contribution in [3.05, 3.63) is 0 Å². The highest BCUT2D eigenvalue weighted by Gasteiger charge is 2.54. The van der Waals surface area contributed by atoms with Crippen molar-refractivity contribution in [2.24, 2.45) is 11.3 Å². The van der Waals surface area contributed by atoms with Crippen molar-refractivity contribution in [3.8, 4) is 0 Å². The van der Waals surface area contributed by atoms with E-state index in [2.05, 4.69) is 0 Å². The summed E-state index contributed by atoms with van der Waals surface area (Å²) in [5.74, 6) is 0.169. The number of hydrogen-bond acceptors (Lipinski definition) is 2. The molecule has 0 amide bonds. The summed E-state index contributed by atoms with van der Waals surface area (Å²) in [4.78, 5) is 0. The van der Waals surface area contributed by atoms with Crippen LogP contribution in [0, 0.1) is 11.3 Å². The fourth-order valence-corrected chi connectivity index (χ4v) is 2.66. The molecule has 78 valence electrons. The predicted molar refractivity (Wildman–Crippen MR) is 53.4 cm³/mol. The van der Waals surface area contributed by atoms with Gasteiger partial charge in [-0.05, 0) is 24.7 Å². The first-order chi connectivity index (χ1) is 5.58. The van der Waals surface area contributed by atoms with Crippen LogP contribution in [0.5, 0.6) is 0 Å². The van der Waals surface area contributed by atoms with Crippen molar-refractivity contribution in [2.45, 2.75) is 58.7 Å². The standard InChI is InChI=1S/C11H22O2/c1-8-6-10(5,12)7-11(8,13)9(2,3)4/h8,12-13H,6-7H2,1-5H3/t8-,10-,11-/m0/s1. The van der Waals surface area contributed by atoms with E-state index in [-0.39, 0.29) is 11.3 Å². The second kappa shape index (κ2) is 2.71. The van der Waals surface area contributed by atoms with Crippen LogP contribution < -0.4 is 0 Å². The first-order valence-corrected chi connectivity index (χ1v) is 5.03. The molecule has 0 aromatic heterocycles. The lowest BCUT2D eigenvalue weighted by Crippen LogP contribution is -2.45. The molecule has 2 heteroatoms. The molecule has 1 rings (SSSR count). The third-order valence-corrected chi connectivity index (χ3v) is 3.51. The van der Waals surface area contributed by atoms with Gasteiger partial charge in [-0.25, -0.2) is 0 Å². The zero-order valence-electron chi connectivity index (χ0n) is 9.39. The van der Waals surface area contributed by atoms with Crippen LogP contribution in [-0.4, -0.2) is 21.4 Å². The molecular formula is C11H22O2. The maximum atomic E-state index is 10.5. The number of aliphatic hydroxyl groups is 2. The van der Waals surface area contributed by atoms with E-state index in [0.29, 0.717) is 12.8 Å². The number of hydrogen-bond donors (Lipinski definition) is 2. The quantitative estimate of drug-likeness (QED) is 0.607. The number of rotatable bonds is 0. The van der Waals surface area contributed by atoms with E-state index >= 15 is 0 Å². The second-order valence-corrected chi connectivity index (χ2v) is 5.95. The summed E-state index contributed by atoms with van der Waals surface area (Å²) in [5.41, 5.74) is -1.58. The molecule has 0 aromatic rings. The molecule has 0 aliphatic heterocycles. The molecule has 0 aromatic carbocycles. The molecule has 13 heavy (non-hydrogen) atoms. The van der Waals surface area contributed by atoms with Gasteiger partial charge in [0.2, 0.25) is 0 Å². The Balaban J connectivity index is 2.94. The molecule has 0 bridgehead atoms. The lowest BCUT2D eigenvalue weighted by atomic mass is 9.71. The summed E-state index contributed by atoms with van der Waals surface area (Å²) in [5, 5.41) is 20.4. The summed E-state index contributed by atoms with van der Waals surface area (Å²) in [6, 6.07) is 0. The monoisotopic (exact) mass is 186 g/mol. The Hall–Kier alpha value is -0.0800. The lowest BCUT2D eigenvalue weighted by Gasteiger charge is -2.41. The summed E-state index contributed by atoms with van der Waals surface area (Å²) < 4.78 is 0. The van der Waals surface area contributed by atoms with Crippen LogP contribution in [0.25, 0.3) is 0 Å². The zero-order chi connectivity index (χ0) is 10.5. The zero-order valence-corrected chi connectivity index (χ0v) is 9.39. The molecule has 0 saturated heterocycles. The van der Waals surface area contributed by atoms with Gasteiger partial charge >= 0.3 is 0 Å². The van der Waals surface area contributed by atoms with Crippen LogP contribution in [-0.2, 0) is 0 Å². The van der Waals surface area contributed by atoms with Gasteiger partial charge in [-0.1, -0.05) is 27.7 Å². The van der Waals surface area contributed by atoms with Gasteiger partial charge in [-0.15, -0.1) is 0 Å². The fourth-order valence-electron chi connectivity index (χ4n) is 2.66. The van der Waals surface area contributed by atoms with Gasteiger partial charge in [-0.3, -0.25) is 0 Å². The van der Waals surface area contributed by atoms with E-state index in [0.717, 1.165) is 0 Å². The minimum atomic E-state index is -0.726. The van der Waals surface area contributed by atoms with E-state index in [1.54, 1.807) is 0 Å². The van der Waals surface area contributed by atoms with Crippen molar-refractivity contribution in [1.29, 1.82) is 0 Å². The van der Waals surface area contributed by atoms with E-state index in [4.69, 9.17) is 0 Å². The highest BCUT2D eigenvalue weighted by molar-refractivity contribution is 5.06. The third kappa shape index (κ3) is 1.75. The van der Waals surface area contributed by atoms with Crippen LogP contribution in [0.2, 0.25) is 0 Å². The Morgan fingerprint density at radius 1 is 1.23 bits per heavy atom. The predicted octanol–water partition coefficient (Wildman–Crippen LogP) is 1.94. The first-order valence-electron chi connectivity index (χ1n) is 5.03. The van der Waals surface area contributed by atoms with Gasteiger partial charge < -0.3 is 10.2 Å². The van der Waals surface area contributed by atoms with Crippen molar-refractivity contribution in [2.75, 3.05) is 0 Å². The Morgan fingerprint density at radius 3 is 1.85 bits per heavy atom. The highest BCUT2D eigenvalue weighted by atomic mass is 16.3. The highest BCUT2D eigenvalue weighted by Crippen LogP contribution is 2.50. The molecule has 0 unspecified atom stereocenters. The summed E-state index contributed by atoms with van der Waals surface area (Å²) >= 11 is 0. The second-order valence-electron chi connectivity index (χ2n) is 5.95. The van der Waals surface area contributed by atoms with Crippen LogP contribution in [0.4, 0.5) is 0 Å². The molecule has 1 saturated carbocycles. The van der Waals surface area contributed by atoms with Crippen molar-refractivity contribution >= 4 is 0 Å². The summed E-state index contributed by atoms with van der Waals surface area (Å²) in [6.07, 6.45) is 1.19. The van der Waals surface area contributed by atoms with Gasteiger partial charge in [0.1, 0.15) is 0 Å². The van der Waals surface area contributed by atoms with Crippen LogP contribution in [0.15, 0.2) is 0 Å². The SMILES string of the molecule is C[C@H]1C[C@](C)(O)C[C@@]1(O)C(C)(C)C. The molecular weight excluding hydrogens is 164 g/mol. The van der Waals surface area contributed by atoms with Crippen LogP contribution in [0.1, 0.15) is 47.5 Å². The van der Waals surface area contributed by atoms with Crippen molar-refractivity contribution in [1.82, 2.24) is 0 Å². The molecule has 2 N–H and O–H groups in total. The Labute approximate surface area is 81.0 Å². The van der Waals surface area contributed by atoms with Gasteiger partial charge in [0.15, 0.2) is 0 Å². The molecule has 1 fully saturated rings. The third-order valence-electron chi connectivity index (χ3n) is 3.51. The van der Waals surface area contributed by atoms with E-state index < -0.39 is 11.2 Å². The van der Waals surface area contributed by atoms with Gasteiger partial charge in [0.05, 0.1) is 11.2 Å². The molecule has 1 aliphatic rings. The summed E-state index contributed by atoms with van der Waals surface area (Å²) in [7, 11) is 0. The minimum Gasteiger partial charge on any atom is -0.390 e. The topological polar surface area (TPSA) is 40.5 Å². The molecule has 1 aliphatic carbocycles. The van der Waals surface area contributed by atoms with Gasteiger partial charge in [0, 0.05) is 6.42 Å². The van der Waals surface area contributed by atoms with E-state index in [1.165, 1.54) is 0 Å².